The second kappa shape index (κ2) is 6.57. The fourth-order valence-corrected chi connectivity index (χ4v) is 3.74. The van der Waals surface area contributed by atoms with Gasteiger partial charge in [-0.3, -0.25) is 9.69 Å². The molecule has 2 atom stereocenters. The summed E-state index contributed by atoms with van der Waals surface area (Å²) >= 11 is 0. The van der Waals surface area contributed by atoms with Gasteiger partial charge in [-0.15, -0.1) is 0 Å². The van der Waals surface area contributed by atoms with Gasteiger partial charge in [0.15, 0.2) is 0 Å². The summed E-state index contributed by atoms with van der Waals surface area (Å²) in [6.07, 6.45) is 0.0440. The van der Waals surface area contributed by atoms with E-state index in [1.807, 2.05) is 6.92 Å². The average molecular weight is 329 g/mol. The Morgan fingerprint density at radius 2 is 2.08 bits per heavy atom. The van der Waals surface area contributed by atoms with Crippen molar-refractivity contribution in [1.82, 2.24) is 15.2 Å². The summed E-state index contributed by atoms with van der Waals surface area (Å²) in [5.41, 5.74) is 5.09. The van der Waals surface area contributed by atoms with Crippen LogP contribution in [0.2, 0.25) is 0 Å². The van der Waals surface area contributed by atoms with E-state index in [2.05, 4.69) is 48.1 Å². The van der Waals surface area contributed by atoms with Gasteiger partial charge in [0.25, 0.3) is 5.91 Å². The Balaban J connectivity index is 1.87. The maximum atomic E-state index is 12.8. The van der Waals surface area contributed by atoms with Crippen LogP contribution in [-0.4, -0.2) is 54.7 Å². The molecule has 5 nitrogen and oxygen atoms in total. The maximum Gasteiger partial charge on any atom is 0.268 e. The van der Waals surface area contributed by atoms with Crippen LogP contribution in [-0.2, 0) is 4.74 Å². The molecular formula is C19H27N3O2. The van der Waals surface area contributed by atoms with Crippen molar-refractivity contribution in [2.24, 2.45) is 0 Å². The minimum Gasteiger partial charge on any atom is -0.378 e. The lowest BCUT2D eigenvalue weighted by molar-refractivity contribution is 0.0759. The first kappa shape index (κ1) is 17.0. The number of aryl methyl sites for hydroxylation is 3. The number of methoxy groups -OCH3 is 1. The summed E-state index contributed by atoms with van der Waals surface area (Å²) in [6.45, 7) is 11.0. The summed E-state index contributed by atoms with van der Waals surface area (Å²) in [5, 5.41) is 4.29. The smallest absolute Gasteiger partial charge is 0.268 e. The number of amides is 1. The normalized spacial score (nSPS) is 21.5. The molecular weight excluding hydrogens is 302 g/mol. The molecule has 0 radical (unpaired) electrons. The third kappa shape index (κ3) is 2.94. The lowest BCUT2D eigenvalue weighted by atomic mass is 10.1. The Morgan fingerprint density at radius 3 is 2.75 bits per heavy atom. The van der Waals surface area contributed by atoms with E-state index in [0.29, 0.717) is 5.69 Å². The van der Waals surface area contributed by atoms with Gasteiger partial charge < -0.3 is 15.0 Å². The van der Waals surface area contributed by atoms with Crippen LogP contribution in [0.5, 0.6) is 0 Å². The molecule has 24 heavy (non-hydrogen) atoms. The first-order chi connectivity index (χ1) is 11.4. The number of hydrogen-bond donors (Lipinski definition) is 2. The van der Waals surface area contributed by atoms with Gasteiger partial charge in [-0.25, -0.2) is 0 Å². The number of carbonyl (C=O) groups is 1. The van der Waals surface area contributed by atoms with Crippen LogP contribution >= 0.6 is 0 Å². The summed E-state index contributed by atoms with van der Waals surface area (Å²) in [7, 11) is 1.71. The minimum absolute atomic E-state index is 0.0242. The van der Waals surface area contributed by atoms with E-state index in [4.69, 9.17) is 4.74 Å². The topological polar surface area (TPSA) is 57.4 Å². The zero-order chi connectivity index (χ0) is 17.4. The summed E-state index contributed by atoms with van der Waals surface area (Å²) in [5.74, 6) is -0.0502. The Hall–Kier alpha value is -1.85. The number of rotatable bonds is 4. The van der Waals surface area contributed by atoms with E-state index in [-0.39, 0.29) is 18.1 Å². The molecule has 2 aromatic rings. The van der Waals surface area contributed by atoms with Crippen LogP contribution in [0.25, 0.3) is 10.9 Å². The van der Waals surface area contributed by atoms with Crippen molar-refractivity contribution < 1.29 is 9.53 Å². The van der Waals surface area contributed by atoms with Gasteiger partial charge in [0, 0.05) is 31.1 Å². The average Bonchev–Trinajstić information content (AvgIpc) is 3.09. The third-order valence-electron chi connectivity index (χ3n) is 5.14. The van der Waals surface area contributed by atoms with Gasteiger partial charge in [-0.1, -0.05) is 18.6 Å². The number of H-pyrrole nitrogens is 1. The van der Waals surface area contributed by atoms with Crippen LogP contribution in [0.1, 0.15) is 34.1 Å². The van der Waals surface area contributed by atoms with Gasteiger partial charge in [0.05, 0.1) is 12.1 Å². The van der Waals surface area contributed by atoms with Crippen LogP contribution in [0.4, 0.5) is 0 Å². The number of aromatic nitrogens is 1. The number of carbonyl (C=O) groups excluding carboxylic acids is 1. The lowest BCUT2D eigenvalue weighted by Gasteiger charge is -2.18. The number of fused-ring (bicyclic) bond motifs is 1. The Morgan fingerprint density at radius 1 is 1.33 bits per heavy atom. The molecule has 2 N–H and O–H groups in total. The van der Waals surface area contributed by atoms with Crippen molar-refractivity contribution in [3.63, 3.8) is 0 Å². The van der Waals surface area contributed by atoms with Crippen LogP contribution < -0.4 is 5.32 Å². The first-order valence-electron chi connectivity index (χ1n) is 8.60. The highest BCUT2D eigenvalue weighted by molar-refractivity contribution is 6.01. The second-order valence-corrected chi connectivity index (χ2v) is 6.84. The van der Waals surface area contributed by atoms with Crippen LogP contribution in [0.15, 0.2) is 12.1 Å². The highest BCUT2D eigenvalue weighted by Gasteiger charge is 2.33. The second-order valence-electron chi connectivity index (χ2n) is 6.84. The van der Waals surface area contributed by atoms with Gasteiger partial charge >= 0.3 is 0 Å². The molecule has 3 rings (SSSR count). The monoisotopic (exact) mass is 329 g/mol. The SMILES string of the molecule is CCN1C[C@H](NC(=O)c2[nH]c3c(C)cc(C)cc3c2C)[C@@H](OC)C1. The number of hydrogen-bond acceptors (Lipinski definition) is 3. The molecule has 1 fully saturated rings. The molecule has 1 aliphatic heterocycles. The van der Waals surface area contributed by atoms with Crippen LogP contribution in [0.3, 0.4) is 0 Å². The number of likely N-dealkylation sites (tertiary alicyclic amines) is 1. The molecule has 0 aliphatic carbocycles. The molecule has 5 heteroatoms. The fraction of sp³-hybridized carbons (Fsp3) is 0.526. The summed E-state index contributed by atoms with van der Waals surface area (Å²) in [4.78, 5) is 18.4. The van der Waals surface area contributed by atoms with Crippen LogP contribution in [0, 0.1) is 20.8 Å². The fourth-order valence-electron chi connectivity index (χ4n) is 3.74. The van der Waals surface area contributed by atoms with Gasteiger partial charge in [0.1, 0.15) is 5.69 Å². The molecule has 1 aliphatic rings. The molecule has 1 saturated heterocycles. The zero-order valence-corrected chi connectivity index (χ0v) is 15.2. The number of nitrogens with zero attached hydrogens (tertiary/aromatic N) is 1. The van der Waals surface area contributed by atoms with E-state index in [0.717, 1.165) is 36.1 Å². The molecule has 1 aromatic carbocycles. The van der Waals surface area contributed by atoms with E-state index in [1.54, 1.807) is 7.11 Å². The molecule has 1 aromatic heterocycles. The van der Waals surface area contributed by atoms with Gasteiger partial charge in [-0.05, 0) is 44.5 Å². The zero-order valence-electron chi connectivity index (χ0n) is 15.2. The number of benzene rings is 1. The highest BCUT2D eigenvalue weighted by Crippen LogP contribution is 2.26. The number of likely N-dealkylation sites (N-methyl/N-ethyl adjacent to an activating group) is 1. The van der Waals surface area contributed by atoms with E-state index in [9.17, 15) is 4.79 Å². The summed E-state index contributed by atoms with van der Waals surface area (Å²) in [6, 6.07) is 4.30. The van der Waals surface area contributed by atoms with Crippen molar-refractivity contribution in [3.8, 4) is 0 Å². The first-order valence-corrected chi connectivity index (χ1v) is 8.60. The van der Waals surface area contributed by atoms with Crippen molar-refractivity contribution in [1.29, 1.82) is 0 Å². The minimum atomic E-state index is -0.0502. The molecule has 2 heterocycles. The Bertz CT molecular complexity index is 766. The lowest BCUT2D eigenvalue weighted by Crippen LogP contribution is -2.43. The molecule has 1 amide bonds. The van der Waals surface area contributed by atoms with Crippen molar-refractivity contribution in [2.45, 2.75) is 39.8 Å². The van der Waals surface area contributed by atoms with Crippen molar-refractivity contribution >= 4 is 16.8 Å². The highest BCUT2D eigenvalue weighted by atomic mass is 16.5. The molecule has 0 bridgehead atoms. The van der Waals surface area contributed by atoms with Crippen molar-refractivity contribution in [2.75, 3.05) is 26.7 Å². The third-order valence-corrected chi connectivity index (χ3v) is 5.14. The van der Waals surface area contributed by atoms with Crippen molar-refractivity contribution in [3.05, 3.63) is 34.5 Å². The molecule has 0 saturated carbocycles. The molecule has 130 valence electrons. The Labute approximate surface area is 143 Å². The van der Waals surface area contributed by atoms with E-state index in [1.165, 1.54) is 11.1 Å². The van der Waals surface area contributed by atoms with Gasteiger partial charge in [-0.2, -0.15) is 0 Å². The predicted molar refractivity (Wildman–Crippen MR) is 96.7 cm³/mol. The summed E-state index contributed by atoms with van der Waals surface area (Å²) < 4.78 is 5.55. The van der Waals surface area contributed by atoms with E-state index < -0.39 is 0 Å². The maximum absolute atomic E-state index is 12.8. The number of ether oxygens (including phenoxy) is 1. The number of nitrogens with one attached hydrogen (secondary N) is 2. The largest absolute Gasteiger partial charge is 0.378 e. The standard InChI is InChI=1S/C19H27N3O2/c1-6-22-9-15(16(10-22)24-5)20-19(23)18-13(4)14-8-11(2)7-12(3)17(14)21-18/h7-8,15-16,21H,6,9-10H2,1-5H3,(H,20,23)/t15-,16-/m0/s1. The molecule has 0 spiro atoms. The Kier molecular flexibility index (Phi) is 4.65. The predicted octanol–water partition coefficient (Wildman–Crippen LogP) is 2.54. The van der Waals surface area contributed by atoms with Gasteiger partial charge in [0.2, 0.25) is 0 Å². The quantitative estimate of drug-likeness (QED) is 0.906. The molecule has 0 unspecified atom stereocenters. The van der Waals surface area contributed by atoms with E-state index >= 15 is 0 Å². The number of aromatic amines is 1.